The van der Waals surface area contributed by atoms with Gasteiger partial charge in [-0.25, -0.2) is 0 Å². The van der Waals surface area contributed by atoms with E-state index in [0.29, 0.717) is 11.1 Å². The van der Waals surface area contributed by atoms with Crippen molar-refractivity contribution in [2.75, 3.05) is 0 Å². The summed E-state index contributed by atoms with van der Waals surface area (Å²) in [7, 11) is 0. The second-order valence-corrected chi connectivity index (χ2v) is 17.9. The normalized spacial score (nSPS) is 18.6. The third-order valence-corrected chi connectivity index (χ3v) is 15.5. The Labute approximate surface area is 354 Å². The van der Waals surface area contributed by atoms with Gasteiger partial charge in [-0.05, 0) is 96.4 Å². The highest BCUT2D eigenvalue weighted by atomic mass is 16.3. The fourth-order valence-corrected chi connectivity index (χ4v) is 13.4. The summed E-state index contributed by atoms with van der Waals surface area (Å²) in [6.07, 6.45) is 0. The van der Waals surface area contributed by atoms with Crippen molar-refractivity contribution < 1.29 is 4.42 Å². The number of nitriles is 2. The summed E-state index contributed by atoms with van der Waals surface area (Å²) >= 11 is 0. The maximum atomic E-state index is 11.3. The molecule has 4 bridgehead atoms. The topological polar surface area (TPSA) is 65.1 Å². The highest BCUT2D eigenvalue weighted by Gasteiger charge is 2.47. The SMILES string of the molecule is N#Cc1cc2c(c3c1C1c4ccccc4C3c3ccccc31)c1cc3c4ccc5ccccc5c4oc3c3c4c5c(c(C#N)cc4n2c13)C1c2ccccc2C5c2ccccc21. The van der Waals surface area contributed by atoms with Crippen molar-refractivity contribution >= 4 is 70.8 Å². The number of furan rings is 1. The van der Waals surface area contributed by atoms with Crippen LogP contribution in [0.1, 0.15) is 102 Å². The fraction of sp³-hybridized carbons (Fsp3) is 0.0690. The first-order valence-electron chi connectivity index (χ1n) is 21.5. The van der Waals surface area contributed by atoms with Gasteiger partial charge in [0.25, 0.3) is 0 Å². The zero-order valence-corrected chi connectivity index (χ0v) is 33.0. The number of hydrogen-bond acceptors (Lipinski definition) is 3. The molecule has 9 aromatic carbocycles. The summed E-state index contributed by atoms with van der Waals surface area (Å²) in [4.78, 5) is 0. The van der Waals surface area contributed by atoms with Gasteiger partial charge in [0.05, 0.1) is 45.2 Å². The lowest BCUT2D eigenvalue weighted by molar-refractivity contribution is 0.676. The largest absolute Gasteiger partial charge is 0.455 e. The van der Waals surface area contributed by atoms with Gasteiger partial charge in [-0.15, -0.1) is 0 Å². The molecule has 0 atom stereocenters. The van der Waals surface area contributed by atoms with E-state index in [1.807, 2.05) is 0 Å². The van der Waals surface area contributed by atoms with Crippen molar-refractivity contribution in [3.63, 3.8) is 0 Å². The van der Waals surface area contributed by atoms with E-state index in [-0.39, 0.29) is 23.7 Å². The van der Waals surface area contributed by atoms with E-state index < -0.39 is 0 Å². The number of fused-ring (bicyclic) bond motifs is 12. The van der Waals surface area contributed by atoms with Crippen LogP contribution < -0.4 is 0 Å². The summed E-state index contributed by atoms with van der Waals surface area (Å²) in [5, 5.41) is 31.5. The predicted octanol–water partition coefficient (Wildman–Crippen LogP) is 13.6. The number of benzene rings is 9. The number of aromatic nitrogens is 1. The molecule has 6 aliphatic rings. The summed E-state index contributed by atoms with van der Waals surface area (Å²) < 4.78 is 9.72. The summed E-state index contributed by atoms with van der Waals surface area (Å²) in [5.41, 5.74) is 21.3. The molecule has 4 nitrogen and oxygen atoms in total. The molecule has 0 saturated carbocycles. The van der Waals surface area contributed by atoms with Crippen molar-refractivity contribution in [3.05, 3.63) is 230 Å². The van der Waals surface area contributed by atoms with Crippen molar-refractivity contribution in [1.82, 2.24) is 4.40 Å². The summed E-state index contributed by atoms with van der Waals surface area (Å²) in [5.74, 6) is -0.224. The maximum absolute atomic E-state index is 11.3. The highest BCUT2D eigenvalue weighted by Crippen LogP contribution is 2.63. The molecule has 0 saturated heterocycles. The smallest absolute Gasteiger partial charge is 0.145 e. The molecule has 3 heterocycles. The molecule has 12 aromatic rings. The molecule has 0 fully saturated rings. The fourth-order valence-electron chi connectivity index (χ4n) is 13.4. The van der Waals surface area contributed by atoms with Crippen molar-refractivity contribution in [3.8, 4) is 12.1 Å². The Morgan fingerprint density at radius 2 is 0.839 bits per heavy atom. The molecular formula is C58H29N3O. The third kappa shape index (κ3) is 3.35. The molecule has 0 spiro atoms. The number of rotatable bonds is 0. The molecule has 282 valence electrons. The molecule has 0 radical (unpaired) electrons. The summed E-state index contributed by atoms with van der Waals surface area (Å²) in [6, 6.07) is 60.6. The van der Waals surface area contributed by atoms with Crippen LogP contribution in [0, 0.1) is 22.7 Å². The van der Waals surface area contributed by atoms with Crippen molar-refractivity contribution in [1.29, 1.82) is 10.5 Å². The van der Waals surface area contributed by atoms with Crippen LogP contribution >= 0.6 is 0 Å². The van der Waals surface area contributed by atoms with Gasteiger partial charge in [0, 0.05) is 56.0 Å². The molecule has 6 aliphatic carbocycles. The average molecular weight is 784 g/mol. The first-order chi connectivity index (χ1) is 30.7. The number of hydrogen-bond donors (Lipinski definition) is 0. The molecular weight excluding hydrogens is 755 g/mol. The Bertz CT molecular complexity index is 4130. The molecule has 18 rings (SSSR count). The minimum Gasteiger partial charge on any atom is -0.455 e. The monoisotopic (exact) mass is 783 g/mol. The van der Waals surface area contributed by atoms with Gasteiger partial charge >= 0.3 is 0 Å². The Hall–Kier alpha value is -8.18. The second kappa shape index (κ2) is 10.6. The molecule has 4 heteroatoms. The highest BCUT2D eigenvalue weighted by molar-refractivity contribution is 6.35. The van der Waals surface area contributed by atoms with Crippen LogP contribution in [0.3, 0.4) is 0 Å². The van der Waals surface area contributed by atoms with Crippen LogP contribution in [0.2, 0.25) is 0 Å². The molecule has 3 aromatic heterocycles. The predicted molar refractivity (Wildman–Crippen MR) is 245 cm³/mol. The van der Waals surface area contributed by atoms with Crippen molar-refractivity contribution in [2.24, 2.45) is 0 Å². The zero-order valence-electron chi connectivity index (χ0n) is 33.0. The Morgan fingerprint density at radius 1 is 0.387 bits per heavy atom. The van der Waals surface area contributed by atoms with E-state index in [2.05, 4.69) is 168 Å². The number of nitrogens with zero attached hydrogens (tertiary/aromatic N) is 3. The van der Waals surface area contributed by atoms with Gasteiger partial charge in [0.1, 0.15) is 11.2 Å². The Morgan fingerprint density at radius 3 is 1.35 bits per heavy atom. The average Bonchev–Trinajstić information content (AvgIpc) is 4.00. The van der Waals surface area contributed by atoms with E-state index in [0.717, 1.165) is 76.5 Å². The van der Waals surface area contributed by atoms with Crippen LogP contribution in [0.4, 0.5) is 0 Å². The summed E-state index contributed by atoms with van der Waals surface area (Å²) in [6.45, 7) is 0. The van der Waals surface area contributed by atoms with Crippen LogP contribution in [0.5, 0.6) is 0 Å². The zero-order chi connectivity index (χ0) is 40.3. The van der Waals surface area contributed by atoms with Gasteiger partial charge in [0.2, 0.25) is 0 Å². The maximum Gasteiger partial charge on any atom is 0.145 e. The lowest BCUT2D eigenvalue weighted by Gasteiger charge is -2.43. The molecule has 0 unspecified atom stereocenters. The third-order valence-electron chi connectivity index (χ3n) is 15.5. The second-order valence-electron chi connectivity index (χ2n) is 17.9. The molecule has 62 heavy (non-hydrogen) atoms. The van der Waals surface area contributed by atoms with Gasteiger partial charge in [0.15, 0.2) is 0 Å². The minimum absolute atomic E-state index is 0.0396. The van der Waals surface area contributed by atoms with E-state index in [4.69, 9.17) is 4.42 Å². The van der Waals surface area contributed by atoms with E-state index in [1.54, 1.807) is 0 Å². The van der Waals surface area contributed by atoms with Gasteiger partial charge in [-0.1, -0.05) is 127 Å². The first-order valence-corrected chi connectivity index (χ1v) is 21.5. The van der Waals surface area contributed by atoms with Crippen molar-refractivity contribution in [2.45, 2.75) is 23.7 Å². The van der Waals surface area contributed by atoms with Gasteiger partial charge in [-0.3, -0.25) is 0 Å². The lowest BCUT2D eigenvalue weighted by atomic mass is 9.59. The van der Waals surface area contributed by atoms with E-state index in [1.165, 1.54) is 61.0 Å². The quantitative estimate of drug-likeness (QED) is 0.154. The molecule has 0 aliphatic heterocycles. The van der Waals surface area contributed by atoms with Crippen LogP contribution in [-0.2, 0) is 0 Å². The van der Waals surface area contributed by atoms with Crippen LogP contribution in [0.25, 0.3) is 70.8 Å². The Balaban J connectivity index is 1.17. The van der Waals surface area contributed by atoms with Gasteiger partial charge in [-0.2, -0.15) is 10.5 Å². The first kappa shape index (κ1) is 31.7. The van der Waals surface area contributed by atoms with Crippen LogP contribution in [0.15, 0.2) is 156 Å². The van der Waals surface area contributed by atoms with Crippen LogP contribution in [-0.4, -0.2) is 4.40 Å². The van der Waals surface area contributed by atoms with Gasteiger partial charge < -0.3 is 8.82 Å². The Kier molecular flexibility index (Phi) is 5.41. The van der Waals surface area contributed by atoms with E-state index in [9.17, 15) is 10.5 Å². The molecule has 0 N–H and O–H groups in total. The van der Waals surface area contributed by atoms with E-state index >= 15 is 0 Å². The molecule has 0 amide bonds. The lowest BCUT2D eigenvalue weighted by Crippen LogP contribution is -2.28. The standard InChI is InChI=1S/C58H29N3O/c59-26-29-23-43-51(53-45(29)47-32-13-3-7-17-36(32)49(53)37-18-8-4-14-33(37)47)42-25-41-40-22-21-28-11-1-2-12-31(28)57(40)62-58(41)55-52-44(61(43)56(42)55)24-30(27-60)46-48-34-15-5-9-19-38(34)50(54(46)52)39-20-10-6-16-35(39)48/h1-25,47-50H. The minimum atomic E-state index is -0.0683.